The Kier molecular flexibility index (Phi) is 5.40. The average molecular weight is 429 g/mol. The molecule has 1 saturated heterocycles. The van der Waals surface area contributed by atoms with E-state index in [-0.39, 0.29) is 17.0 Å². The molecule has 2 aromatic carbocycles. The van der Waals surface area contributed by atoms with Crippen LogP contribution in [0.5, 0.6) is 0 Å². The molecule has 1 aliphatic rings. The molecule has 0 unspecified atom stereocenters. The van der Waals surface area contributed by atoms with Gasteiger partial charge in [0.2, 0.25) is 15.9 Å². The van der Waals surface area contributed by atoms with Crippen molar-refractivity contribution in [1.82, 2.24) is 8.87 Å². The van der Waals surface area contributed by atoms with Crippen molar-refractivity contribution in [3.05, 3.63) is 70.8 Å². The lowest BCUT2D eigenvalue weighted by Crippen LogP contribution is -2.28. The highest BCUT2D eigenvalue weighted by Crippen LogP contribution is 2.24. The number of anilines is 1. The molecule has 0 saturated carbocycles. The monoisotopic (exact) mass is 429 g/mol. The van der Waals surface area contributed by atoms with E-state index in [1.807, 2.05) is 0 Å². The van der Waals surface area contributed by atoms with Crippen LogP contribution >= 0.6 is 0 Å². The molecule has 9 heteroatoms. The number of carbonyl (C=O) groups excluding carboxylic acids is 1. The number of aromatic nitrogens is 1. The van der Waals surface area contributed by atoms with Gasteiger partial charge in [-0.2, -0.15) is 4.31 Å². The van der Waals surface area contributed by atoms with Gasteiger partial charge in [-0.25, -0.2) is 12.8 Å². The predicted molar refractivity (Wildman–Crippen MR) is 111 cm³/mol. The predicted octanol–water partition coefficient (Wildman–Crippen LogP) is 2.56. The van der Waals surface area contributed by atoms with Gasteiger partial charge < -0.3 is 5.32 Å². The van der Waals surface area contributed by atoms with E-state index in [0.717, 1.165) is 12.8 Å². The number of amides is 1. The van der Waals surface area contributed by atoms with Gasteiger partial charge in [0.1, 0.15) is 12.4 Å². The van der Waals surface area contributed by atoms with Crippen LogP contribution in [0.3, 0.4) is 0 Å². The molecular weight excluding hydrogens is 409 g/mol. The first-order chi connectivity index (χ1) is 14.3. The number of hydrogen-bond acceptors (Lipinski definition) is 4. The summed E-state index contributed by atoms with van der Waals surface area (Å²) in [6.45, 7) is 0.749. The smallest absolute Gasteiger partial charge is 0.251 e. The van der Waals surface area contributed by atoms with E-state index in [1.54, 1.807) is 12.1 Å². The summed E-state index contributed by atoms with van der Waals surface area (Å²) >= 11 is 0. The zero-order chi connectivity index (χ0) is 21.3. The van der Waals surface area contributed by atoms with Crippen molar-refractivity contribution in [3.8, 4) is 0 Å². The van der Waals surface area contributed by atoms with E-state index >= 15 is 0 Å². The minimum absolute atomic E-state index is 0.165. The highest BCUT2D eigenvalue weighted by atomic mass is 32.2. The maximum Gasteiger partial charge on any atom is 0.251 e. The number of carbonyl (C=O) groups is 1. The van der Waals surface area contributed by atoms with Gasteiger partial charge in [0.15, 0.2) is 0 Å². The van der Waals surface area contributed by atoms with Crippen LogP contribution in [0.25, 0.3) is 10.9 Å². The van der Waals surface area contributed by atoms with E-state index in [0.29, 0.717) is 29.7 Å². The lowest BCUT2D eigenvalue weighted by molar-refractivity contribution is -0.116. The largest absolute Gasteiger partial charge is 0.325 e. The molecule has 0 radical (unpaired) electrons. The molecule has 1 aliphatic heterocycles. The number of benzene rings is 2. The number of rotatable bonds is 5. The third-order valence-electron chi connectivity index (χ3n) is 5.09. The molecule has 4 rings (SSSR count). The number of fused-ring (bicyclic) bond motifs is 1. The summed E-state index contributed by atoms with van der Waals surface area (Å²) in [6.07, 6.45) is 1.69. The van der Waals surface area contributed by atoms with E-state index in [4.69, 9.17) is 0 Å². The lowest BCUT2D eigenvalue weighted by atomic mass is 10.2. The highest BCUT2D eigenvalue weighted by molar-refractivity contribution is 7.89. The molecular formula is C21H20FN3O4S. The number of sulfonamides is 1. The lowest BCUT2D eigenvalue weighted by Gasteiger charge is -2.16. The average Bonchev–Trinajstić information content (AvgIpc) is 3.27. The molecule has 7 nitrogen and oxygen atoms in total. The summed E-state index contributed by atoms with van der Waals surface area (Å²) in [6, 6.07) is 12.7. The van der Waals surface area contributed by atoms with Crippen molar-refractivity contribution in [2.45, 2.75) is 24.3 Å². The third kappa shape index (κ3) is 3.99. The first kappa shape index (κ1) is 20.2. The van der Waals surface area contributed by atoms with E-state index in [9.17, 15) is 22.4 Å². The first-order valence-electron chi connectivity index (χ1n) is 9.54. The van der Waals surface area contributed by atoms with Crippen molar-refractivity contribution in [2.75, 3.05) is 18.4 Å². The van der Waals surface area contributed by atoms with Gasteiger partial charge in [-0.15, -0.1) is 0 Å². The Balaban J connectivity index is 1.63. The van der Waals surface area contributed by atoms with E-state index < -0.39 is 21.7 Å². The summed E-state index contributed by atoms with van der Waals surface area (Å²) in [5.74, 6) is -0.872. The van der Waals surface area contributed by atoms with Gasteiger partial charge in [0.05, 0.1) is 10.4 Å². The minimum atomic E-state index is -3.58. The summed E-state index contributed by atoms with van der Waals surface area (Å²) in [4.78, 5) is 24.9. The molecule has 3 aromatic rings. The highest BCUT2D eigenvalue weighted by Gasteiger charge is 2.27. The summed E-state index contributed by atoms with van der Waals surface area (Å²) in [5.41, 5.74) is 0.484. The van der Waals surface area contributed by atoms with Crippen LogP contribution in [0.4, 0.5) is 10.1 Å². The number of hydrogen-bond donors (Lipinski definition) is 1. The molecule has 1 aromatic heterocycles. The number of pyridine rings is 1. The maximum absolute atomic E-state index is 13.0. The Labute approximate surface area is 172 Å². The van der Waals surface area contributed by atoms with Crippen LogP contribution in [0.2, 0.25) is 0 Å². The van der Waals surface area contributed by atoms with Crippen molar-refractivity contribution >= 4 is 32.5 Å². The van der Waals surface area contributed by atoms with Crippen LogP contribution in [-0.2, 0) is 21.4 Å². The topological polar surface area (TPSA) is 88.5 Å². The van der Waals surface area contributed by atoms with Gasteiger partial charge in [-0.3, -0.25) is 14.2 Å². The second kappa shape index (κ2) is 8.00. The van der Waals surface area contributed by atoms with Gasteiger partial charge in [0.25, 0.3) is 5.56 Å². The van der Waals surface area contributed by atoms with E-state index in [1.165, 1.54) is 51.3 Å². The van der Waals surface area contributed by atoms with Crippen molar-refractivity contribution in [1.29, 1.82) is 0 Å². The van der Waals surface area contributed by atoms with Crippen molar-refractivity contribution in [2.24, 2.45) is 0 Å². The molecule has 2 heterocycles. The summed E-state index contributed by atoms with van der Waals surface area (Å²) in [5, 5.41) is 3.16. The molecule has 0 bridgehead atoms. The van der Waals surface area contributed by atoms with Crippen molar-refractivity contribution in [3.63, 3.8) is 0 Å². The molecule has 0 spiro atoms. The third-order valence-corrected chi connectivity index (χ3v) is 6.99. The molecule has 0 aliphatic carbocycles. The maximum atomic E-state index is 13.0. The van der Waals surface area contributed by atoms with Gasteiger partial charge in [-0.05, 0) is 66.8 Å². The van der Waals surface area contributed by atoms with Gasteiger partial charge >= 0.3 is 0 Å². The number of halogens is 1. The van der Waals surface area contributed by atoms with Crippen LogP contribution in [0.15, 0.2) is 64.3 Å². The summed E-state index contributed by atoms with van der Waals surface area (Å²) in [7, 11) is -3.58. The minimum Gasteiger partial charge on any atom is -0.325 e. The fourth-order valence-electron chi connectivity index (χ4n) is 3.56. The summed E-state index contributed by atoms with van der Waals surface area (Å²) < 4.78 is 41.3. The van der Waals surface area contributed by atoms with Crippen LogP contribution in [0, 0.1) is 5.82 Å². The van der Waals surface area contributed by atoms with Gasteiger partial charge in [0, 0.05) is 24.8 Å². The standard InChI is InChI=1S/C21H20FN3O4S/c22-16-4-6-17(7-5-16)23-20(26)14-25-19-9-8-18(13-15(19)3-10-21(25)27)30(28,29)24-11-1-2-12-24/h3-10,13H,1-2,11-12,14H2,(H,23,26). The Bertz CT molecular complexity index is 1260. The van der Waals surface area contributed by atoms with E-state index in [2.05, 4.69) is 5.32 Å². The fourth-order valence-corrected chi connectivity index (χ4v) is 5.11. The number of nitrogens with zero attached hydrogens (tertiary/aromatic N) is 2. The van der Waals surface area contributed by atoms with Gasteiger partial charge in [-0.1, -0.05) is 0 Å². The fraction of sp³-hybridized carbons (Fsp3) is 0.238. The zero-order valence-corrected chi connectivity index (χ0v) is 16.9. The Morgan fingerprint density at radius 1 is 1.00 bits per heavy atom. The van der Waals surface area contributed by atoms with Crippen molar-refractivity contribution < 1.29 is 17.6 Å². The molecule has 1 amide bonds. The Morgan fingerprint density at radius 3 is 2.40 bits per heavy atom. The Hall–Kier alpha value is -3.04. The zero-order valence-electron chi connectivity index (χ0n) is 16.0. The second-order valence-electron chi connectivity index (χ2n) is 7.14. The Morgan fingerprint density at radius 2 is 1.70 bits per heavy atom. The molecule has 30 heavy (non-hydrogen) atoms. The molecule has 1 N–H and O–H groups in total. The molecule has 156 valence electrons. The van der Waals surface area contributed by atoms with Crippen LogP contribution in [0.1, 0.15) is 12.8 Å². The first-order valence-corrected chi connectivity index (χ1v) is 11.0. The quantitative estimate of drug-likeness (QED) is 0.675. The SMILES string of the molecule is O=C(Cn1c(=O)ccc2cc(S(=O)(=O)N3CCCC3)ccc21)Nc1ccc(F)cc1. The van der Waals surface area contributed by atoms with Crippen LogP contribution in [-0.4, -0.2) is 36.3 Å². The second-order valence-corrected chi connectivity index (χ2v) is 9.08. The molecule has 0 atom stereocenters. The van der Waals surface area contributed by atoms with Crippen LogP contribution < -0.4 is 10.9 Å². The number of nitrogens with one attached hydrogen (secondary N) is 1. The normalized spacial score (nSPS) is 14.8. The molecule has 1 fully saturated rings.